The van der Waals surface area contributed by atoms with Crippen LogP contribution in [0.4, 0.5) is 0 Å². The van der Waals surface area contributed by atoms with E-state index >= 15 is 0 Å². The van der Waals surface area contributed by atoms with Crippen LogP contribution >= 0.6 is 0 Å². The van der Waals surface area contributed by atoms with Crippen molar-refractivity contribution in [1.82, 2.24) is 0 Å². The van der Waals surface area contributed by atoms with Crippen LogP contribution in [0.25, 0.3) is 0 Å². The summed E-state index contributed by atoms with van der Waals surface area (Å²) in [5.41, 5.74) is 0. The van der Waals surface area contributed by atoms with E-state index in [1.54, 1.807) is 0 Å². The average Bonchev–Trinajstić information content (AvgIpc) is 2.53. The van der Waals surface area contributed by atoms with Crippen molar-refractivity contribution in [2.75, 3.05) is 0 Å². The second kappa shape index (κ2) is 7.19. The lowest BCUT2D eigenvalue weighted by atomic mass is 9.63. The number of carboxylic acid groups (broad SMARTS) is 4. The molecule has 8 heteroatoms. The van der Waals surface area contributed by atoms with E-state index in [-0.39, 0.29) is 50.4 Å². The Bertz CT molecular complexity index is 450. The summed E-state index contributed by atoms with van der Waals surface area (Å²) in [6.45, 7) is 0. The number of rotatable bonds is 5. The molecular formula is C16H22O8. The summed E-state index contributed by atoms with van der Waals surface area (Å²) in [5.74, 6) is -7.86. The van der Waals surface area contributed by atoms with E-state index in [4.69, 9.17) is 0 Å². The quantitative estimate of drug-likeness (QED) is 0.585. The molecule has 24 heavy (non-hydrogen) atoms. The summed E-state index contributed by atoms with van der Waals surface area (Å²) in [7, 11) is 0. The molecule has 2 fully saturated rings. The maximum absolute atomic E-state index is 11.3. The molecule has 0 spiro atoms. The highest BCUT2D eigenvalue weighted by Crippen LogP contribution is 2.45. The number of hydrogen-bond acceptors (Lipinski definition) is 4. The van der Waals surface area contributed by atoms with Gasteiger partial charge in [-0.2, -0.15) is 0 Å². The minimum Gasteiger partial charge on any atom is -0.481 e. The third-order valence-electron chi connectivity index (χ3n) is 5.55. The molecule has 2 aliphatic rings. The molecule has 0 aromatic carbocycles. The zero-order valence-corrected chi connectivity index (χ0v) is 13.1. The number of carboxylic acids is 4. The van der Waals surface area contributed by atoms with Crippen molar-refractivity contribution in [3.05, 3.63) is 0 Å². The summed E-state index contributed by atoms with van der Waals surface area (Å²) in [6.07, 6.45) is 1.26. The highest BCUT2D eigenvalue weighted by atomic mass is 16.4. The zero-order chi connectivity index (χ0) is 18.0. The fraction of sp³-hybridized carbons (Fsp3) is 0.750. The predicted octanol–water partition coefficient (Wildman–Crippen LogP) is 1.39. The molecule has 134 valence electrons. The molecule has 4 N–H and O–H groups in total. The normalized spacial score (nSPS) is 36.7. The Hall–Kier alpha value is -2.12. The van der Waals surface area contributed by atoms with E-state index in [9.17, 15) is 39.6 Å². The third kappa shape index (κ3) is 4.04. The van der Waals surface area contributed by atoms with E-state index in [0.717, 1.165) is 0 Å². The second-order valence-corrected chi connectivity index (χ2v) is 7.08. The topological polar surface area (TPSA) is 149 Å². The molecule has 0 heterocycles. The molecule has 4 unspecified atom stereocenters. The Labute approximate surface area is 138 Å². The van der Waals surface area contributed by atoms with Crippen LogP contribution in [-0.2, 0) is 19.2 Å². The van der Waals surface area contributed by atoms with Crippen LogP contribution in [0, 0.1) is 35.5 Å². The number of hydrogen-bond donors (Lipinski definition) is 4. The number of carbonyl (C=O) groups is 4. The Balaban J connectivity index is 2.19. The van der Waals surface area contributed by atoms with Crippen LogP contribution in [0.1, 0.15) is 38.5 Å². The highest BCUT2D eigenvalue weighted by Gasteiger charge is 2.44. The molecule has 8 nitrogen and oxygen atoms in total. The first-order valence-electron chi connectivity index (χ1n) is 8.10. The van der Waals surface area contributed by atoms with Crippen LogP contribution < -0.4 is 0 Å². The fourth-order valence-electron chi connectivity index (χ4n) is 4.30. The van der Waals surface area contributed by atoms with Crippen LogP contribution in [0.15, 0.2) is 0 Å². The summed E-state index contributed by atoms with van der Waals surface area (Å²) in [5, 5.41) is 37.0. The van der Waals surface area contributed by atoms with Crippen molar-refractivity contribution in [2.45, 2.75) is 38.5 Å². The Morgan fingerprint density at radius 2 is 0.667 bits per heavy atom. The van der Waals surface area contributed by atoms with E-state index in [0.29, 0.717) is 0 Å². The van der Waals surface area contributed by atoms with Crippen molar-refractivity contribution in [1.29, 1.82) is 0 Å². The largest absolute Gasteiger partial charge is 0.481 e. The second-order valence-electron chi connectivity index (χ2n) is 7.08. The van der Waals surface area contributed by atoms with E-state index in [2.05, 4.69) is 0 Å². The van der Waals surface area contributed by atoms with Crippen molar-refractivity contribution in [2.24, 2.45) is 35.5 Å². The molecule has 0 saturated heterocycles. The van der Waals surface area contributed by atoms with Gasteiger partial charge in [0.15, 0.2) is 0 Å². The van der Waals surface area contributed by atoms with E-state index in [1.165, 1.54) is 0 Å². The van der Waals surface area contributed by atoms with Gasteiger partial charge in [0, 0.05) is 0 Å². The molecular weight excluding hydrogens is 320 g/mol. The Morgan fingerprint density at radius 1 is 0.458 bits per heavy atom. The first-order valence-corrected chi connectivity index (χ1v) is 8.10. The Morgan fingerprint density at radius 3 is 0.833 bits per heavy atom. The average molecular weight is 342 g/mol. The molecule has 0 amide bonds. The highest BCUT2D eigenvalue weighted by molar-refractivity contribution is 5.75. The molecule has 2 aliphatic carbocycles. The van der Waals surface area contributed by atoms with Crippen molar-refractivity contribution >= 4 is 23.9 Å². The molecule has 0 radical (unpaired) electrons. The summed E-state index contributed by atoms with van der Waals surface area (Å²) in [4.78, 5) is 45.3. The van der Waals surface area contributed by atoms with Gasteiger partial charge in [0.1, 0.15) is 0 Å². The van der Waals surface area contributed by atoms with Crippen LogP contribution in [0.3, 0.4) is 0 Å². The van der Waals surface area contributed by atoms with Crippen molar-refractivity contribution in [3.8, 4) is 0 Å². The van der Waals surface area contributed by atoms with Gasteiger partial charge in [-0.25, -0.2) is 0 Å². The minimum atomic E-state index is -1.05. The van der Waals surface area contributed by atoms with Crippen molar-refractivity contribution < 1.29 is 39.6 Å². The van der Waals surface area contributed by atoms with E-state index < -0.39 is 47.5 Å². The lowest BCUT2D eigenvalue weighted by molar-refractivity contribution is -0.154. The van der Waals surface area contributed by atoms with Gasteiger partial charge in [0.25, 0.3) is 0 Å². The molecule has 0 bridgehead atoms. The smallest absolute Gasteiger partial charge is 0.306 e. The SMILES string of the molecule is O=C(O)C1CC(C(=O)O)CC(C2CC(C(=O)O)CC(C(=O)O)C2)C1. The lowest BCUT2D eigenvalue weighted by Gasteiger charge is -2.40. The fourth-order valence-corrected chi connectivity index (χ4v) is 4.30. The summed E-state index contributed by atoms with van der Waals surface area (Å²) >= 11 is 0. The number of aliphatic carboxylic acids is 4. The molecule has 2 saturated carbocycles. The first kappa shape index (κ1) is 18.2. The van der Waals surface area contributed by atoms with Gasteiger partial charge >= 0.3 is 23.9 Å². The summed E-state index contributed by atoms with van der Waals surface area (Å²) in [6, 6.07) is 0. The molecule has 2 rings (SSSR count). The zero-order valence-electron chi connectivity index (χ0n) is 13.1. The molecule has 4 atom stereocenters. The van der Waals surface area contributed by atoms with Gasteiger partial charge in [-0.05, 0) is 50.4 Å². The summed E-state index contributed by atoms with van der Waals surface area (Å²) < 4.78 is 0. The molecule has 0 aromatic heterocycles. The molecule has 0 aliphatic heterocycles. The van der Waals surface area contributed by atoms with Crippen molar-refractivity contribution in [3.63, 3.8) is 0 Å². The third-order valence-corrected chi connectivity index (χ3v) is 5.55. The van der Waals surface area contributed by atoms with Gasteiger partial charge in [0.05, 0.1) is 23.7 Å². The van der Waals surface area contributed by atoms with Crippen LogP contribution in [-0.4, -0.2) is 44.3 Å². The lowest BCUT2D eigenvalue weighted by Crippen LogP contribution is -2.39. The van der Waals surface area contributed by atoms with E-state index in [1.807, 2.05) is 0 Å². The van der Waals surface area contributed by atoms with Crippen LogP contribution in [0.2, 0.25) is 0 Å². The Kier molecular flexibility index (Phi) is 5.46. The maximum atomic E-state index is 11.3. The van der Waals surface area contributed by atoms with Gasteiger partial charge in [-0.15, -0.1) is 0 Å². The maximum Gasteiger partial charge on any atom is 0.306 e. The van der Waals surface area contributed by atoms with Gasteiger partial charge in [0.2, 0.25) is 0 Å². The standard InChI is InChI=1S/C16H22O8/c17-13(18)9-1-7(2-10(5-9)14(19)20)8-3-11(15(21)22)6-12(4-8)16(23)24/h7-12H,1-6H2,(H,17,18)(H,19,20)(H,21,22)(H,23,24). The van der Waals surface area contributed by atoms with Gasteiger partial charge in [-0.3, -0.25) is 19.2 Å². The minimum absolute atomic E-state index is 0.0681. The first-order chi connectivity index (χ1) is 11.2. The predicted molar refractivity (Wildman–Crippen MR) is 79.2 cm³/mol. The van der Waals surface area contributed by atoms with Crippen LogP contribution in [0.5, 0.6) is 0 Å². The van der Waals surface area contributed by atoms with Gasteiger partial charge in [-0.1, -0.05) is 0 Å². The van der Waals surface area contributed by atoms with Gasteiger partial charge < -0.3 is 20.4 Å². The monoisotopic (exact) mass is 342 g/mol. The molecule has 0 aromatic rings.